The summed E-state index contributed by atoms with van der Waals surface area (Å²) >= 11 is 11.9. The molecule has 1 aromatic carbocycles. The first-order valence-corrected chi connectivity index (χ1v) is 5.74. The second-order valence-corrected chi connectivity index (χ2v) is 4.49. The molecule has 16 heavy (non-hydrogen) atoms. The van der Waals surface area contributed by atoms with Gasteiger partial charge in [-0.1, -0.05) is 29.3 Å². The first kappa shape index (κ1) is 12.1. The molecule has 3 nitrogen and oxygen atoms in total. The Bertz CT molecular complexity index is 383. The van der Waals surface area contributed by atoms with Crippen LogP contribution in [0.1, 0.15) is 18.6 Å². The molecule has 88 valence electrons. The van der Waals surface area contributed by atoms with Crippen molar-refractivity contribution in [1.29, 1.82) is 0 Å². The lowest BCUT2D eigenvalue weighted by Gasteiger charge is -2.16. The number of aliphatic hydroxyl groups is 1. The molecule has 3 atom stereocenters. The van der Waals surface area contributed by atoms with Crippen molar-refractivity contribution in [2.45, 2.75) is 25.4 Å². The van der Waals surface area contributed by atoms with Crippen LogP contribution in [-0.2, 0) is 9.47 Å². The molecule has 2 rings (SSSR count). The van der Waals surface area contributed by atoms with E-state index in [-0.39, 0.29) is 25.1 Å². The fraction of sp³-hybridized carbons (Fsp3) is 0.455. The zero-order chi connectivity index (χ0) is 11.7. The molecule has 1 aliphatic heterocycles. The second-order valence-electron chi connectivity index (χ2n) is 3.65. The Morgan fingerprint density at radius 2 is 2.06 bits per heavy atom. The van der Waals surface area contributed by atoms with E-state index in [1.54, 1.807) is 25.1 Å². The van der Waals surface area contributed by atoms with Crippen molar-refractivity contribution in [1.82, 2.24) is 0 Å². The number of aliphatic hydroxyl groups excluding tert-OH is 1. The van der Waals surface area contributed by atoms with Gasteiger partial charge < -0.3 is 14.6 Å². The Morgan fingerprint density at radius 3 is 2.69 bits per heavy atom. The second kappa shape index (κ2) is 4.90. The minimum atomic E-state index is -0.381. The molecular weight excluding hydrogens is 251 g/mol. The Hall–Kier alpha value is -0.320. The van der Waals surface area contributed by atoms with Crippen molar-refractivity contribution in [3.63, 3.8) is 0 Å². The maximum absolute atomic E-state index is 9.19. The number of halogens is 2. The third-order valence-electron chi connectivity index (χ3n) is 2.49. The number of benzene rings is 1. The lowest BCUT2D eigenvalue weighted by molar-refractivity contribution is -0.0563. The molecule has 1 N–H and O–H groups in total. The summed E-state index contributed by atoms with van der Waals surface area (Å²) in [6.07, 6.45) is -1.06. The monoisotopic (exact) mass is 262 g/mol. The van der Waals surface area contributed by atoms with Gasteiger partial charge in [0.1, 0.15) is 12.2 Å². The van der Waals surface area contributed by atoms with Gasteiger partial charge in [0.25, 0.3) is 0 Å². The molecule has 0 aromatic heterocycles. The molecule has 0 amide bonds. The van der Waals surface area contributed by atoms with Gasteiger partial charge in [-0.05, 0) is 19.1 Å². The first-order chi connectivity index (χ1) is 7.61. The smallest absolute Gasteiger partial charge is 0.156 e. The van der Waals surface area contributed by atoms with Crippen LogP contribution in [0.4, 0.5) is 0 Å². The highest BCUT2D eigenvalue weighted by atomic mass is 35.5. The topological polar surface area (TPSA) is 38.7 Å². The van der Waals surface area contributed by atoms with Crippen molar-refractivity contribution in [2.24, 2.45) is 0 Å². The van der Waals surface area contributed by atoms with Gasteiger partial charge in [0.15, 0.2) is 6.29 Å². The van der Waals surface area contributed by atoms with Gasteiger partial charge in [-0.15, -0.1) is 0 Å². The fourth-order valence-electron chi connectivity index (χ4n) is 1.79. The summed E-state index contributed by atoms with van der Waals surface area (Å²) in [5.41, 5.74) is 0.787. The van der Waals surface area contributed by atoms with E-state index in [9.17, 15) is 5.11 Å². The van der Waals surface area contributed by atoms with E-state index in [0.29, 0.717) is 10.0 Å². The summed E-state index contributed by atoms with van der Waals surface area (Å²) < 4.78 is 11.0. The normalized spacial score (nSPS) is 29.6. The van der Waals surface area contributed by atoms with E-state index < -0.39 is 0 Å². The van der Waals surface area contributed by atoms with Crippen LogP contribution in [0.5, 0.6) is 0 Å². The Balaban J connectivity index is 2.29. The standard InChI is InChI=1S/C11H12Cl2O3/c1-6-15-10(5-14)11(16-6)8-3-2-7(12)4-9(8)13/h2-4,6,10-11,14H,5H2,1H3/t6?,10-,11-/m0/s1. The number of ether oxygens (including phenoxy) is 2. The molecule has 1 fully saturated rings. The molecule has 5 heteroatoms. The Morgan fingerprint density at radius 1 is 1.31 bits per heavy atom. The highest BCUT2D eigenvalue weighted by Crippen LogP contribution is 2.36. The molecule has 1 unspecified atom stereocenters. The van der Waals surface area contributed by atoms with E-state index in [1.165, 1.54) is 0 Å². The van der Waals surface area contributed by atoms with Crippen LogP contribution in [0.2, 0.25) is 10.0 Å². The van der Waals surface area contributed by atoms with Crippen molar-refractivity contribution >= 4 is 23.2 Å². The third kappa shape index (κ3) is 2.34. The number of hydrogen-bond donors (Lipinski definition) is 1. The summed E-state index contributed by atoms with van der Waals surface area (Å²) in [4.78, 5) is 0. The molecule has 0 radical (unpaired) electrons. The first-order valence-electron chi connectivity index (χ1n) is 4.98. The van der Waals surface area contributed by atoms with E-state index in [2.05, 4.69) is 0 Å². The average molecular weight is 263 g/mol. The zero-order valence-electron chi connectivity index (χ0n) is 8.69. The van der Waals surface area contributed by atoms with Crippen molar-refractivity contribution in [3.8, 4) is 0 Å². The van der Waals surface area contributed by atoms with E-state index in [1.807, 2.05) is 0 Å². The zero-order valence-corrected chi connectivity index (χ0v) is 10.2. The van der Waals surface area contributed by atoms with Crippen molar-refractivity contribution in [3.05, 3.63) is 33.8 Å². The fourth-order valence-corrected chi connectivity index (χ4v) is 2.30. The van der Waals surface area contributed by atoms with Gasteiger partial charge in [-0.2, -0.15) is 0 Å². The molecule has 1 aliphatic rings. The number of hydrogen-bond acceptors (Lipinski definition) is 3. The SMILES string of the molecule is CC1O[C@@H](CO)[C@H](c2ccc(Cl)cc2Cl)O1. The van der Waals surface area contributed by atoms with Crippen molar-refractivity contribution < 1.29 is 14.6 Å². The Labute approximate surface area is 104 Å². The van der Waals surface area contributed by atoms with Crippen LogP contribution in [0, 0.1) is 0 Å². The van der Waals surface area contributed by atoms with Crippen molar-refractivity contribution in [2.75, 3.05) is 6.61 Å². The van der Waals surface area contributed by atoms with E-state index in [0.717, 1.165) is 5.56 Å². The van der Waals surface area contributed by atoms with E-state index >= 15 is 0 Å². The molecule has 1 heterocycles. The van der Waals surface area contributed by atoms with Gasteiger partial charge in [-0.25, -0.2) is 0 Å². The van der Waals surface area contributed by atoms with E-state index in [4.69, 9.17) is 32.7 Å². The van der Waals surface area contributed by atoms with Crippen LogP contribution in [0.15, 0.2) is 18.2 Å². The van der Waals surface area contributed by atoms with Crippen LogP contribution in [0.25, 0.3) is 0 Å². The maximum atomic E-state index is 9.19. The van der Waals surface area contributed by atoms with Gasteiger partial charge in [-0.3, -0.25) is 0 Å². The van der Waals surface area contributed by atoms with Gasteiger partial charge in [0, 0.05) is 15.6 Å². The molecule has 0 spiro atoms. The van der Waals surface area contributed by atoms with Crippen LogP contribution in [0.3, 0.4) is 0 Å². The molecule has 0 bridgehead atoms. The van der Waals surface area contributed by atoms with Crippen LogP contribution < -0.4 is 0 Å². The number of rotatable bonds is 2. The summed E-state index contributed by atoms with van der Waals surface area (Å²) in [6.45, 7) is 1.68. The minimum Gasteiger partial charge on any atom is -0.394 e. The Kier molecular flexibility index (Phi) is 3.72. The largest absolute Gasteiger partial charge is 0.394 e. The lowest BCUT2D eigenvalue weighted by atomic mass is 10.1. The predicted octanol–water partition coefficient (Wildman–Crippen LogP) is 2.79. The molecular formula is C11H12Cl2O3. The predicted molar refractivity (Wildman–Crippen MR) is 61.7 cm³/mol. The van der Waals surface area contributed by atoms with Crippen LogP contribution >= 0.6 is 23.2 Å². The summed E-state index contributed by atoms with van der Waals surface area (Å²) in [7, 11) is 0. The molecule has 0 aliphatic carbocycles. The molecule has 1 saturated heterocycles. The third-order valence-corrected chi connectivity index (χ3v) is 3.05. The maximum Gasteiger partial charge on any atom is 0.156 e. The molecule has 0 saturated carbocycles. The summed E-state index contributed by atoms with van der Waals surface area (Å²) in [5.74, 6) is 0. The van der Waals surface area contributed by atoms with Gasteiger partial charge in [0.05, 0.1) is 6.61 Å². The lowest BCUT2D eigenvalue weighted by Crippen LogP contribution is -2.19. The highest BCUT2D eigenvalue weighted by molar-refractivity contribution is 6.35. The van der Waals surface area contributed by atoms with Gasteiger partial charge >= 0.3 is 0 Å². The highest BCUT2D eigenvalue weighted by Gasteiger charge is 2.35. The summed E-state index contributed by atoms with van der Waals surface area (Å²) in [5, 5.41) is 10.3. The minimum absolute atomic E-state index is 0.103. The molecule has 1 aromatic rings. The van der Waals surface area contributed by atoms with Gasteiger partial charge in [0.2, 0.25) is 0 Å². The average Bonchev–Trinajstić information content (AvgIpc) is 2.59. The van der Waals surface area contributed by atoms with Crippen LogP contribution in [-0.4, -0.2) is 24.1 Å². The quantitative estimate of drug-likeness (QED) is 0.891. The summed E-state index contributed by atoms with van der Waals surface area (Å²) in [6, 6.07) is 5.18.